The summed E-state index contributed by atoms with van der Waals surface area (Å²) >= 11 is 1.26. The van der Waals surface area contributed by atoms with Gasteiger partial charge in [-0.25, -0.2) is 19.9 Å². The van der Waals surface area contributed by atoms with Gasteiger partial charge in [-0.2, -0.15) is 0 Å². The lowest BCUT2D eigenvalue weighted by molar-refractivity contribution is 0.0153. The minimum Gasteiger partial charge on any atom is -0.486 e. The Bertz CT molecular complexity index is 2940. The van der Waals surface area contributed by atoms with E-state index in [0.29, 0.717) is 120 Å². The molecule has 0 saturated carbocycles. The van der Waals surface area contributed by atoms with E-state index in [-0.39, 0.29) is 0 Å². The van der Waals surface area contributed by atoms with Crippen molar-refractivity contribution < 1.29 is 37.9 Å². The van der Waals surface area contributed by atoms with Gasteiger partial charge in [0.15, 0.2) is 51.5 Å². The van der Waals surface area contributed by atoms with Gasteiger partial charge in [-0.1, -0.05) is 10.6 Å². The molecule has 17 heteroatoms. The van der Waals surface area contributed by atoms with Gasteiger partial charge in [0.1, 0.15) is 50.8 Å². The van der Waals surface area contributed by atoms with Crippen LogP contribution < -0.4 is 37.9 Å². The van der Waals surface area contributed by atoms with Crippen LogP contribution in [0.25, 0.3) is 55.0 Å². The van der Waals surface area contributed by atoms with Crippen molar-refractivity contribution in [2.75, 3.05) is 39.6 Å². The summed E-state index contributed by atoms with van der Waals surface area (Å²) in [5, 5.41) is 5.11. The summed E-state index contributed by atoms with van der Waals surface area (Å²) in [6.45, 7) is 2.14. The molecule has 0 spiro atoms. The molecule has 11 heterocycles. The first kappa shape index (κ1) is 32.9. The van der Waals surface area contributed by atoms with E-state index in [0.717, 1.165) is 32.6 Å². The zero-order chi connectivity index (χ0) is 38.2. The van der Waals surface area contributed by atoms with Gasteiger partial charge < -0.3 is 42.9 Å². The number of aromatic nitrogens is 8. The molecule has 8 aromatic rings. The van der Waals surface area contributed by atoms with Gasteiger partial charge in [-0.15, -0.1) is 5.10 Å². The number of ether oxygens (including phenoxy) is 8. The van der Waals surface area contributed by atoms with Gasteiger partial charge in [-0.05, 0) is 48.0 Å². The molecule has 7 aromatic heterocycles. The van der Waals surface area contributed by atoms with E-state index in [1.807, 2.05) is 36.5 Å². The van der Waals surface area contributed by atoms with Gasteiger partial charge in [0.2, 0.25) is 0 Å². The molecule has 2 atom stereocenters. The van der Waals surface area contributed by atoms with Crippen molar-refractivity contribution in [3.63, 3.8) is 0 Å². The molecule has 0 fully saturated rings. The first-order valence-corrected chi connectivity index (χ1v) is 19.2. The number of hydrogen-bond donors (Lipinski definition) is 1. The molecule has 58 heavy (non-hydrogen) atoms. The lowest BCUT2D eigenvalue weighted by Gasteiger charge is -2.35. The summed E-state index contributed by atoms with van der Waals surface area (Å²) < 4.78 is 54.2. The minimum atomic E-state index is -0.811. The maximum Gasteiger partial charge on any atom is 0.258 e. The van der Waals surface area contributed by atoms with E-state index in [1.165, 1.54) is 11.5 Å². The van der Waals surface area contributed by atoms with Crippen molar-refractivity contribution in [2.24, 2.45) is 0 Å². The Morgan fingerprint density at radius 2 is 1.53 bits per heavy atom. The van der Waals surface area contributed by atoms with Crippen LogP contribution in [0.15, 0.2) is 73.3 Å². The highest BCUT2D eigenvalue weighted by molar-refractivity contribution is 7.12. The number of fused-ring (bicyclic) bond motifs is 6. The first-order chi connectivity index (χ1) is 28.7. The molecule has 4 aliphatic heterocycles. The number of benzene rings is 1. The van der Waals surface area contributed by atoms with E-state index in [9.17, 15) is 0 Å². The van der Waals surface area contributed by atoms with Crippen molar-refractivity contribution in [3.8, 4) is 79.9 Å². The van der Waals surface area contributed by atoms with Crippen LogP contribution in [0.2, 0.25) is 0 Å². The maximum atomic E-state index is 6.81. The van der Waals surface area contributed by atoms with Crippen molar-refractivity contribution in [1.29, 1.82) is 0 Å². The number of nitrogens with one attached hydrogen (secondary N) is 1. The molecule has 0 amide bonds. The van der Waals surface area contributed by atoms with Gasteiger partial charge in [0.25, 0.3) is 11.8 Å². The van der Waals surface area contributed by atoms with Crippen molar-refractivity contribution >= 4 is 32.9 Å². The Morgan fingerprint density at radius 1 is 0.690 bits per heavy atom. The van der Waals surface area contributed by atoms with Crippen LogP contribution in [0.5, 0.6) is 46.3 Å². The van der Waals surface area contributed by atoms with Crippen LogP contribution in [0.4, 0.5) is 0 Å². The molecule has 0 saturated heterocycles. The molecular weight excluding hydrogens is 765 g/mol. The largest absolute Gasteiger partial charge is 0.486 e. The third-order valence-electron chi connectivity index (χ3n) is 10.2. The fourth-order valence-corrected chi connectivity index (χ4v) is 8.15. The highest BCUT2D eigenvalue weighted by Crippen LogP contribution is 2.53. The Hall–Kier alpha value is -7.27. The van der Waals surface area contributed by atoms with E-state index in [4.69, 9.17) is 52.8 Å². The normalized spacial score (nSPS) is 17.7. The molecule has 16 nitrogen and oxygen atoms in total. The summed E-state index contributed by atoms with van der Waals surface area (Å²) in [5.41, 5.74) is 6.88. The second kappa shape index (κ2) is 13.2. The van der Waals surface area contributed by atoms with Crippen LogP contribution >= 0.6 is 11.5 Å². The summed E-state index contributed by atoms with van der Waals surface area (Å²) in [6, 6.07) is 18.1. The van der Waals surface area contributed by atoms with E-state index < -0.39 is 12.2 Å². The molecule has 4 aliphatic rings. The number of pyridine rings is 5. The smallest absolute Gasteiger partial charge is 0.258 e. The summed E-state index contributed by atoms with van der Waals surface area (Å²) in [6.07, 6.45) is 5.36. The number of hydrogen-bond acceptors (Lipinski definition) is 16. The van der Waals surface area contributed by atoms with Crippen LogP contribution in [-0.4, -0.2) is 79.1 Å². The van der Waals surface area contributed by atoms with Crippen LogP contribution in [0.3, 0.4) is 0 Å². The van der Waals surface area contributed by atoms with Crippen LogP contribution in [-0.2, 0) is 0 Å². The lowest BCUT2D eigenvalue weighted by atomic mass is 9.93. The summed E-state index contributed by atoms with van der Waals surface area (Å²) in [7, 11) is 0. The molecule has 285 valence electrons. The third kappa shape index (κ3) is 5.37. The highest BCUT2D eigenvalue weighted by atomic mass is 32.1. The molecular formula is C41H27N8O8S. The van der Waals surface area contributed by atoms with Gasteiger partial charge >= 0.3 is 0 Å². The molecule has 0 bridgehead atoms. The maximum absolute atomic E-state index is 6.81. The monoisotopic (exact) mass is 791 g/mol. The van der Waals surface area contributed by atoms with E-state index in [1.54, 1.807) is 36.8 Å². The summed E-state index contributed by atoms with van der Waals surface area (Å²) in [4.78, 5) is 28.1. The highest BCUT2D eigenvalue weighted by Gasteiger charge is 2.40. The zero-order valence-corrected chi connectivity index (χ0v) is 30.9. The van der Waals surface area contributed by atoms with Crippen LogP contribution in [0, 0.1) is 6.07 Å². The average molecular weight is 792 g/mol. The van der Waals surface area contributed by atoms with Crippen molar-refractivity contribution in [1.82, 2.24) is 39.5 Å². The number of nitrogens with zero attached hydrogens (tertiary/aromatic N) is 7. The third-order valence-corrected chi connectivity index (χ3v) is 10.9. The quantitative estimate of drug-likeness (QED) is 0.199. The Kier molecular flexibility index (Phi) is 7.47. The van der Waals surface area contributed by atoms with Crippen molar-refractivity contribution in [2.45, 2.75) is 12.2 Å². The number of rotatable bonds is 5. The Morgan fingerprint density at radius 3 is 2.48 bits per heavy atom. The second-order valence-corrected chi connectivity index (χ2v) is 14.4. The second-order valence-electron chi connectivity index (χ2n) is 13.6. The van der Waals surface area contributed by atoms with Crippen molar-refractivity contribution in [3.05, 3.63) is 90.6 Å². The predicted octanol–water partition coefficient (Wildman–Crippen LogP) is 6.52. The molecule has 1 aromatic carbocycles. The fraction of sp³-hybridized carbons (Fsp3) is 0.195. The summed E-state index contributed by atoms with van der Waals surface area (Å²) in [5.74, 6) is 3.69. The van der Waals surface area contributed by atoms with E-state index in [2.05, 4.69) is 30.6 Å². The molecule has 1 N–H and O–H groups in total. The SMILES string of the molecule is [c]1ccc2c(c1)OC(c1cnc3c(c1-c1cc(-c4cc5c(-c6cnc7snnc7c6)ccnc5[nH]4)c4c(n1)OCCO4)OCCO3)C(c1cc3c(cn1)OCCO3)O2. The topological polar surface area (TPSA) is 180 Å². The zero-order valence-electron chi connectivity index (χ0n) is 30.1. The van der Waals surface area contributed by atoms with Gasteiger partial charge in [0, 0.05) is 58.3 Å². The number of H-pyrrole nitrogens is 1. The average Bonchev–Trinajstić information content (AvgIpc) is 3.95. The lowest BCUT2D eigenvalue weighted by Crippen LogP contribution is -2.29. The standard InChI is InChI=1S/C41H27N8O8S/c1-2-4-30-29(3-1)56-34(36(57-30)27-16-31-32(19-43-27)51-8-7-50-31)24-18-44-39-37(53-10-11-54-39)33(24)26-15-23(35-40(47-26)55-12-9-52-35)25-14-22-21(5-6-42-38(22)46-25)20-13-28-41(45-17-20)58-49-48-28/h2-6,13-19,34,36H,7-12H2,(H,42,46). The molecule has 2 unspecified atom stereocenters. The predicted molar refractivity (Wildman–Crippen MR) is 206 cm³/mol. The minimum absolute atomic E-state index is 0.295. The number of aromatic amines is 1. The molecule has 0 aliphatic carbocycles. The molecule has 1 radical (unpaired) electrons. The van der Waals surface area contributed by atoms with Crippen LogP contribution in [0.1, 0.15) is 23.5 Å². The van der Waals surface area contributed by atoms with Gasteiger partial charge in [0.05, 0.1) is 28.8 Å². The van der Waals surface area contributed by atoms with Gasteiger partial charge in [-0.3, -0.25) is 4.98 Å². The first-order valence-electron chi connectivity index (χ1n) is 18.5. The van der Waals surface area contributed by atoms with E-state index >= 15 is 0 Å². The molecule has 12 rings (SSSR count). The Balaban J connectivity index is 1.04. The fourth-order valence-electron chi connectivity index (χ4n) is 7.65. The Labute approximate surface area is 331 Å².